The van der Waals surface area contributed by atoms with Gasteiger partial charge in [-0.3, -0.25) is 4.79 Å². The van der Waals surface area contributed by atoms with E-state index in [2.05, 4.69) is 43.5 Å². The third-order valence-corrected chi connectivity index (χ3v) is 10.6. The second-order valence-corrected chi connectivity index (χ2v) is 15.6. The molecule has 0 aromatic heterocycles. The van der Waals surface area contributed by atoms with E-state index in [1.165, 1.54) is 167 Å². The highest BCUT2D eigenvalue weighted by Crippen LogP contribution is 2.16. The monoisotopic (exact) mass is 720 g/mol. The maximum atomic E-state index is 12.4. The van der Waals surface area contributed by atoms with Crippen LogP contribution in [-0.2, 0) is 4.79 Å². The molecule has 0 radical (unpaired) electrons. The van der Waals surface area contributed by atoms with Crippen LogP contribution in [0.5, 0.6) is 0 Å². The SMILES string of the molecule is CCCCCCCCCCC/C=C\C/C=C\CCCCCCCCCCCCCCCC(=O)NC(CO)C(O)C(O)CCCCCCCCCC. The number of hydrogen-bond donors (Lipinski definition) is 4. The summed E-state index contributed by atoms with van der Waals surface area (Å²) >= 11 is 0. The number of allylic oxidation sites excluding steroid dienone is 4. The fourth-order valence-corrected chi connectivity index (χ4v) is 7.02. The summed E-state index contributed by atoms with van der Waals surface area (Å²) in [5.74, 6) is -0.147. The third-order valence-electron chi connectivity index (χ3n) is 10.6. The summed E-state index contributed by atoms with van der Waals surface area (Å²) in [4.78, 5) is 12.4. The Bertz CT molecular complexity index is 754. The summed E-state index contributed by atoms with van der Waals surface area (Å²) in [6, 6.07) is -0.805. The van der Waals surface area contributed by atoms with E-state index in [4.69, 9.17) is 0 Å². The molecule has 0 aromatic carbocycles. The molecule has 51 heavy (non-hydrogen) atoms. The molecule has 0 saturated carbocycles. The van der Waals surface area contributed by atoms with Crippen LogP contribution >= 0.6 is 0 Å². The van der Waals surface area contributed by atoms with E-state index in [0.29, 0.717) is 12.8 Å². The molecule has 0 bridgehead atoms. The Morgan fingerprint density at radius 3 is 1.24 bits per heavy atom. The minimum absolute atomic E-state index is 0.147. The van der Waals surface area contributed by atoms with Gasteiger partial charge >= 0.3 is 0 Å². The Kier molecular flexibility index (Phi) is 40.6. The van der Waals surface area contributed by atoms with Gasteiger partial charge in [-0.2, -0.15) is 0 Å². The lowest BCUT2D eigenvalue weighted by atomic mass is 9.99. The van der Waals surface area contributed by atoms with Gasteiger partial charge < -0.3 is 20.6 Å². The highest BCUT2D eigenvalue weighted by molar-refractivity contribution is 5.76. The number of aliphatic hydroxyl groups excluding tert-OH is 3. The number of carbonyl (C=O) groups excluding carboxylic acids is 1. The third kappa shape index (κ3) is 37.0. The second-order valence-electron chi connectivity index (χ2n) is 15.6. The van der Waals surface area contributed by atoms with Gasteiger partial charge in [-0.1, -0.05) is 212 Å². The van der Waals surface area contributed by atoms with E-state index >= 15 is 0 Å². The minimum atomic E-state index is -1.13. The van der Waals surface area contributed by atoms with Crippen LogP contribution in [0.25, 0.3) is 0 Å². The van der Waals surface area contributed by atoms with Crippen molar-refractivity contribution in [3.05, 3.63) is 24.3 Å². The Hall–Kier alpha value is -1.17. The average molecular weight is 720 g/mol. The minimum Gasteiger partial charge on any atom is -0.394 e. The fourth-order valence-electron chi connectivity index (χ4n) is 7.02. The van der Waals surface area contributed by atoms with E-state index in [-0.39, 0.29) is 12.5 Å². The first-order chi connectivity index (χ1) is 25.1. The molecular weight excluding hydrogens is 631 g/mol. The summed E-state index contributed by atoms with van der Waals surface area (Å²) in [6.07, 6.45) is 50.3. The number of aliphatic hydroxyl groups is 3. The number of carbonyl (C=O) groups is 1. The normalized spacial score (nSPS) is 13.7. The van der Waals surface area contributed by atoms with Crippen molar-refractivity contribution in [1.29, 1.82) is 0 Å². The van der Waals surface area contributed by atoms with Crippen molar-refractivity contribution < 1.29 is 20.1 Å². The van der Waals surface area contributed by atoms with Gasteiger partial charge in [-0.25, -0.2) is 0 Å². The molecule has 302 valence electrons. The summed E-state index contributed by atoms with van der Waals surface area (Å²) in [5.41, 5.74) is 0. The van der Waals surface area contributed by atoms with Gasteiger partial charge in [0.1, 0.15) is 6.10 Å². The molecule has 5 heteroatoms. The van der Waals surface area contributed by atoms with Crippen LogP contribution in [0.15, 0.2) is 24.3 Å². The van der Waals surface area contributed by atoms with Crippen molar-refractivity contribution >= 4 is 5.91 Å². The molecule has 0 spiro atoms. The van der Waals surface area contributed by atoms with E-state index in [0.717, 1.165) is 44.9 Å². The molecule has 3 unspecified atom stereocenters. The lowest BCUT2D eigenvalue weighted by Gasteiger charge is -2.26. The van der Waals surface area contributed by atoms with Crippen molar-refractivity contribution in [1.82, 2.24) is 5.32 Å². The fraction of sp³-hybridized carbons (Fsp3) is 0.891. The summed E-state index contributed by atoms with van der Waals surface area (Å²) in [6.45, 7) is 4.14. The van der Waals surface area contributed by atoms with Crippen molar-refractivity contribution in [2.45, 2.75) is 257 Å². The largest absolute Gasteiger partial charge is 0.394 e. The predicted octanol–water partition coefficient (Wildman–Crippen LogP) is 13.0. The zero-order valence-corrected chi connectivity index (χ0v) is 34.2. The molecular formula is C46H89NO4. The first-order valence-electron chi connectivity index (χ1n) is 22.6. The standard InChI is InChI=1S/C46H89NO4/c1-3-5-7-9-11-13-14-15-16-17-18-19-20-21-22-23-24-25-26-27-28-29-30-31-32-33-35-37-39-41-45(50)47-43(42-48)46(51)44(49)40-38-36-34-12-10-8-6-4-2/h18-19,21-22,43-44,46,48-49,51H,3-17,20,23-42H2,1-2H3,(H,47,50)/b19-18-,22-21-. The summed E-state index contributed by atoms with van der Waals surface area (Å²) in [5, 5.41) is 33.3. The Balaban J connectivity index is 3.50. The molecule has 0 aliphatic heterocycles. The Morgan fingerprint density at radius 1 is 0.490 bits per heavy atom. The van der Waals surface area contributed by atoms with Gasteiger partial charge in [0, 0.05) is 6.42 Å². The molecule has 5 nitrogen and oxygen atoms in total. The van der Waals surface area contributed by atoms with Crippen molar-refractivity contribution in [3.63, 3.8) is 0 Å². The molecule has 1 amide bonds. The van der Waals surface area contributed by atoms with Crippen molar-refractivity contribution in [3.8, 4) is 0 Å². The van der Waals surface area contributed by atoms with Crippen molar-refractivity contribution in [2.24, 2.45) is 0 Å². The number of amides is 1. The molecule has 0 heterocycles. The van der Waals surface area contributed by atoms with Gasteiger partial charge in [0.25, 0.3) is 0 Å². The lowest BCUT2D eigenvalue weighted by molar-refractivity contribution is -0.124. The van der Waals surface area contributed by atoms with Gasteiger partial charge in [0.2, 0.25) is 5.91 Å². The Labute approximate surface area is 318 Å². The van der Waals surface area contributed by atoms with Crippen LogP contribution in [0.1, 0.15) is 239 Å². The average Bonchev–Trinajstić information content (AvgIpc) is 3.13. The van der Waals surface area contributed by atoms with Crippen LogP contribution < -0.4 is 5.32 Å². The molecule has 0 saturated heterocycles. The maximum absolute atomic E-state index is 12.4. The molecule has 0 rings (SSSR count). The van der Waals surface area contributed by atoms with Crippen molar-refractivity contribution in [2.75, 3.05) is 6.61 Å². The topological polar surface area (TPSA) is 89.8 Å². The molecule has 3 atom stereocenters. The zero-order chi connectivity index (χ0) is 37.3. The molecule has 0 aliphatic carbocycles. The van der Waals surface area contributed by atoms with Crippen LogP contribution in [0.3, 0.4) is 0 Å². The first-order valence-corrected chi connectivity index (χ1v) is 22.6. The van der Waals surface area contributed by atoms with Gasteiger partial charge in [0.15, 0.2) is 0 Å². The first kappa shape index (κ1) is 49.8. The summed E-state index contributed by atoms with van der Waals surface area (Å²) < 4.78 is 0. The lowest BCUT2D eigenvalue weighted by Crippen LogP contribution is -2.50. The highest BCUT2D eigenvalue weighted by Gasteiger charge is 2.26. The quantitative estimate of drug-likeness (QED) is 0.0374. The van der Waals surface area contributed by atoms with E-state index in [1.54, 1.807) is 0 Å². The predicted molar refractivity (Wildman–Crippen MR) is 222 cm³/mol. The van der Waals surface area contributed by atoms with Gasteiger partial charge in [0.05, 0.1) is 18.8 Å². The maximum Gasteiger partial charge on any atom is 0.220 e. The summed E-state index contributed by atoms with van der Waals surface area (Å²) in [7, 11) is 0. The molecule has 0 aromatic rings. The molecule has 0 aliphatic rings. The highest BCUT2D eigenvalue weighted by atomic mass is 16.3. The second kappa shape index (κ2) is 41.6. The van der Waals surface area contributed by atoms with Crippen LogP contribution in [0.4, 0.5) is 0 Å². The number of hydrogen-bond acceptors (Lipinski definition) is 4. The number of unbranched alkanes of at least 4 members (excludes halogenated alkanes) is 29. The van der Waals surface area contributed by atoms with E-state index in [1.807, 2.05) is 0 Å². The Morgan fingerprint density at radius 2 is 0.843 bits per heavy atom. The van der Waals surface area contributed by atoms with Crippen LogP contribution in [0, 0.1) is 0 Å². The van der Waals surface area contributed by atoms with E-state index < -0.39 is 18.2 Å². The molecule has 0 fully saturated rings. The van der Waals surface area contributed by atoms with Gasteiger partial charge in [-0.05, 0) is 44.9 Å². The molecule has 4 N–H and O–H groups in total. The smallest absolute Gasteiger partial charge is 0.220 e. The van der Waals surface area contributed by atoms with E-state index in [9.17, 15) is 20.1 Å². The van der Waals surface area contributed by atoms with Crippen LogP contribution in [0.2, 0.25) is 0 Å². The van der Waals surface area contributed by atoms with Crippen LogP contribution in [-0.4, -0.2) is 46.1 Å². The zero-order valence-electron chi connectivity index (χ0n) is 34.2. The van der Waals surface area contributed by atoms with Gasteiger partial charge in [-0.15, -0.1) is 0 Å². The number of rotatable bonds is 41. The number of nitrogens with one attached hydrogen (secondary N) is 1.